The van der Waals surface area contributed by atoms with Gasteiger partial charge in [0.25, 0.3) is 5.69 Å². The van der Waals surface area contributed by atoms with Crippen molar-refractivity contribution in [2.75, 3.05) is 0 Å². The van der Waals surface area contributed by atoms with E-state index >= 15 is 0 Å². The summed E-state index contributed by atoms with van der Waals surface area (Å²) in [5.74, 6) is 0.0828. The maximum absolute atomic E-state index is 10.6. The second-order valence-electron chi connectivity index (χ2n) is 3.73. The smallest absolute Gasteiger partial charge is 0.269 e. The van der Waals surface area contributed by atoms with Crippen molar-refractivity contribution in [2.45, 2.75) is 6.42 Å². The van der Waals surface area contributed by atoms with Gasteiger partial charge in [-0.3, -0.25) is 10.1 Å². The van der Waals surface area contributed by atoms with Gasteiger partial charge in [0.2, 0.25) is 0 Å². The Morgan fingerprint density at radius 1 is 1.12 bits per heavy atom. The fraction of sp³-hybridized carbons (Fsp3) is 0.0769. The average Bonchev–Trinajstić information content (AvgIpc) is 2.33. The van der Waals surface area contributed by atoms with Crippen molar-refractivity contribution in [3.63, 3.8) is 0 Å². The second kappa shape index (κ2) is 4.65. The van der Waals surface area contributed by atoms with E-state index in [1.807, 2.05) is 30.3 Å². The Hall–Kier alpha value is -2.36. The van der Waals surface area contributed by atoms with Crippen LogP contribution in [0.25, 0.3) is 0 Å². The molecule has 0 aliphatic heterocycles. The molecule has 0 aliphatic rings. The Morgan fingerprint density at radius 2 is 1.82 bits per heavy atom. The van der Waals surface area contributed by atoms with Crippen LogP contribution in [0.15, 0.2) is 48.5 Å². The highest BCUT2D eigenvalue weighted by Crippen LogP contribution is 2.25. The zero-order valence-corrected chi connectivity index (χ0v) is 9.04. The van der Waals surface area contributed by atoms with E-state index in [0.717, 1.165) is 5.56 Å². The Kier molecular flexibility index (Phi) is 3.05. The molecule has 4 nitrogen and oxygen atoms in total. The number of phenols is 1. The first-order valence-corrected chi connectivity index (χ1v) is 5.17. The van der Waals surface area contributed by atoms with Crippen molar-refractivity contribution in [3.05, 3.63) is 69.8 Å². The SMILES string of the molecule is O=[N+]([O-])c1ccc(O)c(Cc2ccccc2)c1. The van der Waals surface area contributed by atoms with Crippen LogP contribution in [0.2, 0.25) is 0 Å². The Bertz CT molecular complexity index is 538. The summed E-state index contributed by atoms with van der Waals surface area (Å²) in [6.07, 6.45) is 0.481. The predicted octanol–water partition coefficient (Wildman–Crippen LogP) is 2.89. The van der Waals surface area contributed by atoms with Gasteiger partial charge in [0.05, 0.1) is 4.92 Å². The van der Waals surface area contributed by atoms with Crippen LogP contribution < -0.4 is 0 Å². The second-order valence-corrected chi connectivity index (χ2v) is 3.73. The predicted molar refractivity (Wildman–Crippen MR) is 64.0 cm³/mol. The lowest BCUT2D eigenvalue weighted by Crippen LogP contribution is -1.92. The Morgan fingerprint density at radius 3 is 2.47 bits per heavy atom. The molecule has 86 valence electrons. The molecule has 0 atom stereocenters. The van der Waals surface area contributed by atoms with Gasteiger partial charge >= 0.3 is 0 Å². The standard InChI is InChI=1S/C13H11NO3/c15-13-7-6-12(14(16)17)9-11(13)8-10-4-2-1-3-5-10/h1-7,9,15H,8H2. The first-order valence-electron chi connectivity index (χ1n) is 5.17. The summed E-state index contributed by atoms with van der Waals surface area (Å²) in [6, 6.07) is 13.6. The van der Waals surface area contributed by atoms with Crippen LogP contribution in [0.1, 0.15) is 11.1 Å². The molecule has 0 saturated heterocycles. The normalized spacial score (nSPS) is 10.1. The van der Waals surface area contributed by atoms with Gasteiger partial charge in [-0.15, -0.1) is 0 Å². The lowest BCUT2D eigenvalue weighted by atomic mass is 10.0. The van der Waals surface area contributed by atoms with Crippen molar-refractivity contribution in [3.8, 4) is 5.75 Å². The Labute approximate surface area is 98.3 Å². The molecule has 1 N–H and O–H groups in total. The molecule has 0 aliphatic carbocycles. The maximum atomic E-state index is 10.6. The van der Waals surface area contributed by atoms with Gasteiger partial charge in [-0.25, -0.2) is 0 Å². The minimum Gasteiger partial charge on any atom is -0.508 e. The average molecular weight is 229 g/mol. The molecule has 4 heteroatoms. The molecule has 0 saturated carbocycles. The number of aromatic hydroxyl groups is 1. The summed E-state index contributed by atoms with van der Waals surface area (Å²) in [5.41, 5.74) is 1.56. The van der Waals surface area contributed by atoms with Gasteiger partial charge in [0, 0.05) is 24.1 Å². The van der Waals surface area contributed by atoms with Crippen LogP contribution in [0.4, 0.5) is 5.69 Å². The number of hydrogen-bond acceptors (Lipinski definition) is 3. The van der Waals surface area contributed by atoms with Crippen molar-refractivity contribution in [2.24, 2.45) is 0 Å². The van der Waals surface area contributed by atoms with E-state index in [1.165, 1.54) is 18.2 Å². The number of phenolic OH excluding ortho intramolecular Hbond substituents is 1. The van der Waals surface area contributed by atoms with E-state index in [-0.39, 0.29) is 11.4 Å². The lowest BCUT2D eigenvalue weighted by Gasteiger charge is -2.04. The number of nitro benzene ring substituents is 1. The van der Waals surface area contributed by atoms with Crippen molar-refractivity contribution in [1.82, 2.24) is 0 Å². The molecule has 0 unspecified atom stereocenters. The number of nitrogens with zero attached hydrogens (tertiary/aromatic N) is 1. The molecule has 2 aromatic carbocycles. The van der Waals surface area contributed by atoms with Gasteiger partial charge in [0.15, 0.2) is 0 Å². The highest BCUT2D eigenvalue weighted by atomic mass is 16.6. The monoisotopic (exact) mass is 229 g/mol. The summed E-state index contributed by atoms with van der Waals surface area (Å²) in [4.78, 5) is 10.2. The summed E-state index contributed by atoms with van der Waals surface area (Å²) in [6.45, 7) is 0. The van der Waals surface area contributed by atoms with Crippen molar-refractivity contribution in [1.29, 1.82) is 0 Å². The van der Waals surface area contributed by atoms with E-state index in [9.17, 15) is 15.2 Å². The van der Waals surface area contributed by atoms with Crippen molar-refractivity contribution < 1.29 is 10.0 Å². The molecule has 2 aromatic rings. The Balaban J connectivity index is 2.32. The largest absolute Gasteiger partial charge is 0.508 e. The van der Waals surface area contributed by atoms with E-state index in [2.05, 4.69) is 0 Å². The summed E-state index contributed by atoms with van der Waals surface area (Å²) in [5, 5.41) is 20.3. The van der Waals surface area contributed by atoms with E-state index in [4.69, 9.17) is 0 Å². The van der Waals surface area contributed by atoms with Gasteiger partial charge in [-0.2, -0.15) is 0 Å². The van der Waals surface area contributed by atoms with E-state index in [1.54, 1.807) is 0 Å². The maximum Gasteiger partial charge on any atom is 0.269 e. The molecule has 2 rings (SSSR count). The molecule has 0 radical (unpaired) electrons. The first kappa shape index (κ1) is 11.1. The molecule has 0 fully saturated rings. The zero-order chi connectivity index (χ0) is 12.3. The third-order valence-electron chi connectivity index (χ3n) is 2.51. The van der Waals surface area contributed by atoms with Gasteiger partial charge < -0.3 is 5.11 Å². The highest BCUT2D eigenvalue weighted by molar-refractivity contribution is 5.45. The summed E-state index contributed by atoms with van der Waals surface area (Å²) in [7, 11) is 0. The van der Waals surface area contributed by atoms with Gasteiger partial charge in [0.1, 0.15) is 5.75 Å². The van der Waals surface area contributed by atoms with Crippen LogP contribution in [-0.2, 0) is 6.42 Å². The van der Waals surface area contributed by atoms with Gasteiger partial charge in [-0.1, -0.05) is 30.3 Å². The van der Waals surface area contributed by atoms with Crippen LogP contribution in [0, 0.1) is 10.1 Å². The first-order chi connectivity index (χ1) is 8.16. The minimum absolute atomic E-state index is 0.00580. The summed E-state index contributed by atoms with van der Waals surface area (Å²) < 4.78 is 0. The molecule has 0 spiro atoms. The lowest BCUT2D eigenvalue weighted by molar-refractivity contribution is -0.384. The fourth-order valence-electron chi connectivity index (χ4n) is 1.64. The zero-order valence-electron chi connectivity index (χ0n) is 9.04. The quantitative estimate of drug-likeness (QED) is 0.650. The minimum atomic E-state index is -0.464. The van der Waals surface area contributed by atoms with Crippen LogP contribution >= 0.6 is 0 Å². The third-order valence-corrected chi connectivity index (χ3v) is 2.51. The highest BCUT2D eigenvalue weighted by Gasteiger charge is 2.10. The molecule has 17 heavy (non-hydrogen) atoms. The third kappa shape index (κ3) is 2.60. The number of rotatable bonds is 3. The molecular formula is C13H11NO3. The van der Waals surface area contributed by atoms with Crippen LogP contribution in [0.3, 0.4) is 0 Å². The molecule has 0 heterocycles. The van der Waals surface area contributed by atoms with Crippen LogP contribution in [0.5, 0.6) is 5.75 Å². The number of hydrogen-bond donors (Lipinski definition) is 1. The van der Waals surface area contributed by atoms with Crippen LogP contribution in [-0.4, -0.2) is 10.0 Å². The number of benzene rings is 2. The molecule has 0 aromatic heterocycles. The molecular weight excluding hydrogens is 218 g/mol. The molecule has 0 bridgehead atoms. The van der Waals surface area contributed by atoms with Crippen molar-refractivity contribution >= 4 is 5.69 Å². The van der Waals surface area contributed by atoms with Gasteiger partial charge in [-0.05, 0) is 11.6 Å². The van der Waals surface area contributed by atoms with E-state index < -0.39 is 4.92 Å². The molecule has 0 amide bonds. The van der Waals surface area contributed by atoms with E-state index in [0.29, 0.717) is 12.0 Å². The number of nitro groups is 1. The topological polar surface area (TPSA) is 63.4 Å². The fourth-order valence-corrected chi connectivity index (χ4v) is 1.64. The summed E-state index contributed by atoms with van der Waals surface area (Å²) >= 11 is 0. The number of non-ortho nitro benzene ring substituents is 1.